The van der Waals surface area contributed by atoms with Gasteiger partial charge in [-0.2, -0.15) is 0 Å². The van der Waals surface area contributed by atoms with E-state index in [4.69, 9.17) is 0 Å². The van der Waals surface area contributed by atoms with Gasteiger partial charge in [-0.3, -0.25) is 4.98 Å². The van der Waals surface area contributed by atoms with Crippen LogP contribution in [-0.4, -0.2) is 30.1 Å². The lowest BCUT2D eigenvalue weighted by molar-refractivity contribution is 0.435. The fraction of sp³-hybridized carbons (Fsp3) is 0.733. The number of rotatable bonds is 5. The van der Waals surface area contributed by atoms with E-state index in [2.05, 4.69) is 27.1 Å². The van der Waals surface area contributed by atoms with Gasteiger partial charge in [-0.1, -0.05) is 19.8 Å². The monoisotopic (exact) mass is 262 g/mol. The minimum absolute atomic E-state index is 0.784. The number of nitrogens with zero attached hydrogens (tertiary/aromatic N) is 3. The second-order valence-electron chi connectivity index (χ2n) is 5.47. The lowest BCUT2D eigenvalue weighted by atomic mass is 9.96. The molecule has 4 nitrogen and oxygen atoms in total. The Morgan fingerprint density at radius 3 is 2.84 bits per heavy atom. The van der Waals surface area contributed by atoms with Crippen molar-refractivity contribution in [2.45, 2.75) is 45.6 Å². The second kappa shape index (κ2) is 7.43. The number of hydrogen-bond donors (Lipinski definition) is 1. The van der Waals surface area contributed by atoms with E-state index in [1.165, 1.54) is 32.1 Å². The van der Waals surface area contributed by atoms with E-state index in [1.807, 2.05) is 19.4 Å². The average molecular weight is 262 g/mol. The van der Waals surface area contributed by atoms with Crippen LogP contribution < -0.4 is 10.2 Å². The first-order valence-corrected chi connectivity index (χ1v) is 7.54. The highest BCUT2D eigenvalue weighted by Crippen LogP contribution is 2.24. The Balaban J connectivity index is 1.93. The molecule has 1 fully saturated rings. The summed E-state index contributed by atoms with van der Waals surface area (Å²) in [5, 5.41) is 3.10. The van der Waals surface area contributed by atoms with Gasteiger partial charge in [0.1, 0.15) is 5.82 Å². The van der Waals surface area contributed by atoms with Crippen molar-refractivity contribution in [3.05, 3.63) is 18.1 Å². The molecular weight excluding hydrogens is 236 g/mol. The Morgan fingerprint density at radius 2 is 2.16 bits per heavy atom. The summed E-state index contributed by atoms with van der Waals surface area (Å²) in [6.07, 6.45) is 10.4. The maximum absolute atomic E-state index is 4.56. The fourth-order valence-electron chi connectivity index (χ4n) is 2.88. The maximum Gasteiger partial charge on any atom is 0.147 e. The molecule has 0 saturated carbocycles. The third kappa shape index (κ3) is 4.16. The van der Waals surface area contributed by atoms with Crippen LogP contribution in [0.2, 0.25) is 0 Å². The predicted octanol–water partition coefficient (Wildman–Crippen LogP) is 2.60. The molecule has 0 aliphatic carbocycles. The predicted molar refractivity (Wildman–Crippen MR) is 79.3 cm³/mol. The molecule has 1 saturated heterocycles. The molecule has 1 aliphatic rings. The largest absolute Gasteiger partial charge is 0.355 e. The van der Waals surface area contributed by atoms with Crippen LogP contribution in [0.1, 0.15) is 44.7 Å². The fourth-order valence-corrected chi connectivity index (χ4v) is 2.88. The van der Waals surface area contributed by atoms with Crippen LogP contribution in [0.5, 0.6) is 0 Å². The summed E-state index contributed by atoms with van der Waals surface area (Å²) in [5.74, 6) is 1.95. The first kappa shape index (κ1) is 14.3. The average Bonchev–Trinajstić information content (AvgIpc) is 2.66. The van der Waals surface area contributed by atoms with Gasteiger partial charge in [-0.15, -0.1) is 0 Å². The Labute approximate surface area is 116 Å². The molecule has 1 N–H and O–H groups in total. The zero-order valence-corrected chi connectivity index (χ0v) is 12.2. The van der Waals surface area contributed by atoms with Crippen molar-refractivity contribution < 1.29 is 0 Å². The van der Waals surface area contributed by atoms with Crippen molar-refractivity contribution in [1.29, 1.82) is 0 Å². The lowest BCUT2D eigenvalue weighted by Gasteiger charge is -2.21. The molecule has 2 rings (SSSR count). The van der Waals surface area contributed by atoms with Crippen molar-refractivity contribution in [2.24, 2.45) is 5.92 Å². The van der Waals surface area contributed by atoms with Crippen molar-refractivity contribution in [3.8, 4) is 0 Å². The molecule has 0 aromatic carbocycles. The van der Waals surface area contributed by atoms with Crippen LogP contribution in [0.25, 0.3) is 0 Å². The van der Waals surface area contributed by atoms with E-state index in [1.54, 1.807) is 0 Å². The summed E-state index contributed by atoms with van der Waals surface area (Å²) in [5.41, 5.74) is 1.00. The summed E-state index contributed by atoms with van der Waals surface area (Å²) in [6.45, 7) is 5.32. The third-order valence-corrected chi connectivity index (χ3v) is 3.92. The number of hydrogen-bond acceptors (Lipinski definition) is 4. The molecule has 1 aromatic heterocycles. The molecule has 19 heavy (non-hydrogen) atoms. The normalized spacial score (nSPS) is 20.3. The first-order valence-electron chi connectivity index (χ1n) is 7.54. The van der Waals surface area contributed by atoms with Crippen LogP contribution in [-0.2, 0) is 6.54 Å². The summed E-state index contributed by atoms with van der Waals surface area (Å²) in [7, 11) is 1.93. The van der Waals surface area contributed by atoms with Crippen molar-refractivity contribution in [3.63, 3.8) is 0 Å². The first-order chi connectivity index (χ1) is 9.33. The highest BCUT2D eigenvalue weighted by atomic mass is 15.2. The molecule has 1 atom stereocenters. The standard InChI is InChI=1S/C15H26N4/c1-3-5-13-6-4-8-19(9-7-13)15-12-17-14(10-16-2)11-18-15/h11-13,16H,3-10H2,1-2H3. The van der Waals surface area contributed by atoms with Crippen LogP contribution in [0.4, 0.5) is 5.82 Å². The van der Waals surface area contributed by atoms with Gasteiger partial charge < -0.3 is 10.2 Å². The minimum atomic E-state index is 0.784. The molecular formula is C15H26N4. The highest BCUT2D eigenvalue weighted by molar-refractivity contribution is 5.35. The van der Waals surface area contributed by atoms with E-state index in [9.17, 15) is 0 Å². The van der Waals surface area contributed by atoms with Gasteiger partial charge in [0, 0.05) is 19.6 Å². The molecule has 106 valence electrons. The molecule has 1 aliphatic heterocycles. The third-order valence-electron chi connectivity index (χ3n) is 3.92. The zero-order chi connectivity index (χ0) is 13.5. The smallest absolute Gasteiger partial charge is 0.147 e. The Morgan fingerprint density at radius 1 is 1.26 bits per heavy atom. The van der Waals surface area contributed by atoms with E-state index < -0.39 is 0 Å². The molecule has 0 bridgehead atoms. The zero-order valence-electron chi connectivity index (χ0n) is 12.2. The number of anilines is 1. The lowest BCUT2D eigenvalue weighted by Crippen LogP contribution is -2.25. The molecule has 2 heterocycles. The maximum atomic E-state index is 4.56. The van der Waals surface area contributed by atoms with Gasteiger partial charge in [-0.05, 0) is 32.2 Å². The number of aromatic nitrogens is 2. The van der Waals surface area contributed by atoms with Crippen molar-refractivity contribution in [1.82, 2.24) is 15.3 Å². The van der Waals surface area contributed by atoms with Gasteiger partial charge in [0.15, 0.2) is 0 Å². The SMILES string of the molecule is CCCC1CCCN(c2cnc(CNC)cn2)CC1. The van der Waals surface area contributed by atoms with E-state index >= 15 is 0 Å². The van der Waals surface area contributed by atoms with E-state index in [-0.39, 0.29) is 0 Å². The van der Waals surface area contributed by atoms with Gasteiger partial charge in [0.05, 0.1) is 18.1 Å². The van der Waals surface area contributed by atoms with Gasteiger partial charge in [0.25, 0.3) is 0 Å². The van der Waals surface area contributed by atoms with Gasteiger partial charge in [0.2, 0.25) is 0 Å². The van der Waals surface area contributed by atoms with Crippen LogP contribution in [0.3, 0.4) is 0 Å². The van der Waals surface area contributed by atoms with Crippen molar-refractivity contribution >= 4 is 5.82 Å². The summed E-state index contributed by atoms with van der Waals surface area (Å²) in [4.78, 5) is 11.4. The number of nitrogens with one attached hydrogen (secondary N) is 1. The van der Waals surface area contributed by atoms with E-state index in [0.29, 0.717) is 0 Å². The summed E-state index contributed by atoms with van der Waals surface area (Å²) >= 11 is 0. The van der Waals surface area contributed by atoms with Gasteiger partial charge >= 0.3 is 0 Å². The molecule has 0 spiro atoms. The Bertz CT molecular complexity index is 363. The molecule has 1 unspecified atom stereocenters. The molecule has 0 radical (unpaired) electrons. The highest BCUT2D eigenvalue weighted by Gasteiger charge is 2.17. The topological polar surface area (TPSA) is 41.1 Å². The van der Waals surface area contributed by atoms with Crippen molar-refractivity contribution in [2.75, 3.05) is 25.0 Å². The molecule has 0 amide bonds. The quantitative estimate of drug-likeness (QED) is 0.885. The van der Waals surface area contributed by atoms with Gasteiger partial charge in [-0.25, -0.2) is 4.98 Å². The van der Waals surface area contributed by atoms with Crippen LogP contribution >= 0.6 is 0 Å². The summed E-state index contributed by atoms with van der Waals surface area (Å²) in [6, 6.07) is 0. The Hall–Kier alpha value is -1.16. The van der Waals surface area contributed by atoms with Crippen LogP contribution in [0.15, 0.2) is 12.4 Å². The summed E-state index contributed by atoms with van der Waals surface area (Å²) < 4.78 is 0. The molecule has 1 aromatic rings. The second-order valence-corrected chi connectivity index (χ2v) is 5.47. The van der Waals surface area contributed by atoms with E-state index in [0.717, 1.165) is 37.1 Å². The molecule has 4 heteroatoms. The van der Waals surface area contributed by atoms with Crippen LogP contribution in [0, 0.1) is 5.92 Å². The minimum Gasteiger partial charge on any atom is -0.355 e. The Kier molecular flexibility index (Phi) is 5.58.